The lowest BCUT2D eigenvalue weighted by atomic mass is 10.0. The molecule has 98 valence electrons. The Kier molecular flexibility index (Phi) is 2.82. The largest absolute Gasteiger partial charge is 0.397 e. The number of pyridine rings is 1. The normalized spacial score (nSPS) is 14.6. The van der Waals surface area contributed by atoms with Gasteiger partial charge in [0.15, 0.2) is 0 Å². The van der Waals surface area contributed by atoms with E-state index in [0.29, 0.717) is 16.6 Å². The molecule has 19 heavy (non-hydrogen) atoms. The number of hydrogen-bond acceptors (Lipinski definition) is 2. The van der Waals surface area contributed by atoms with Crippen LogP contribution in [0.5, 0.6) is 0 Å². The van der Waals surface area contributed by atoms with E-state index >= 15 is 0 Å². The van der Waals surface area contributed by atoms with Crippen molar-refractivity contribution in [2.45, 2.75) is 18.8 Å². The van der Waals surface area contributed by atoms with Crippen molar-refractivity contribution in [2.75, 3.05) is 5.73 Å². The molecule has 2 aromatic rings. The minimum absolute atomic E-state index is 0.169. The summed E-state index contributed by atoms with van der Waals surface area (Å²) < 4.78 is 13.8. The molecule has 0 aliphatic heterocycles. The molecule has 0 unspecified atom stereocenters. The summed E-state index contributed by atoms with van der Waals surface area (Å²) in [5.74, 6) is -0.153. The zero-order chi connectivity index (χ0) is 13.6. The highest BCUT2D eigenvalue weighted by molar-refractivity contribution is 6.30. The van der Waals surface area contributed by atoms with Crippen molar-refractivity contribution in [3.63, 3.8) is 0 Å². The average Bonchev–Trinajstić information content (AvgIpc) is 3.19. The van der Waals surface area contributed by atoms with Gasteiger partial charge in [-0.2, -0.15) is 0 Å². The Morgan fingerprint density at radius 3 is 2.68 bits per heavy atom. The molecule has 0 amide bonds. The van der Waals surface area contributed by atoms with Gasteiger partial charge in [0, 0.05) is 22.2 Å². The summed E-state index contributed by atoms with van der Waals surface area (Å²) in [6.07, 6.45) is 2.07. The number of hydrogen-bond donors (Lipinski definition) is 2. The summed E-state index contributed by atoms with van der Waals surface area (Å²) in [5, 5.41) is 0.376. The minimum Gasteiger partial charge on any atom is -0.397 e. The van der Waals surface area contributed by atoms with E-state index in [-0.39, 0.29) is 16.7 Å². The van der Waals surface area contributed by atoms with Crippen LogP contribution in [-0.2, 0) is 0 Å². The van der Waals surface area contributed by atoms with Crippen molar-refractivity contribution in [3.8, 4) is 11.1 Å². The summed E-state index contributed by atoms with van der Waals surface area (Å²) in [6.45, 7) is 0. The first-order valence-electron chi connectivity index (χ1n) is 6.04. The molecule has 0 atom stereocenters. The summed E-state index contributed by atoms with van der Waals surface area (Å²) in [4.78, 5) is 14.8. The van der Waals surface area contributed by atoms with E-state index in [0.717, 1.165) is 18.5 Å². The first-order chi connectivity index (χ1) is 9.06. The fourth-order valence-electron chi connectivity index (χ4n) is 2.17. The molecule has 0 radical (unpaired) electrons. The van der Waals surface area contributed by atoms with Gasteiger partial charge >= 0.3 is 0 Å². The molecule has 3 nitrogen and oxygen atoms in total. The number of rotatable bonds is 2. The molecular weight excluding hydrogens is 267 g/mol. The minimum atomic E-state index is -0.492. The van der Waals surface area contributed by atoms with Gasteiger partial charge in [-0.3, -0.25) is 4.79 Å². The number of benzene rings is 1. The zero-order valence-corrected chi connectivity index (χ0v) is 10.8. The maximum atomic E-state index is 13.8. The second-order valence-electron chi connectivity index (χ2n) is 4.78. The second-order valence-corrected chi connectivity index (χ2v) is 5.22. The Balaban J connectivity index is 2.17. The lowest BCUT2D eigenvalue weighted by molar-refractivity contribution is 0.631. The van der Waals surface area contributed by atoms with Gasteiger partial charge in [-0.1, -0.05) is 11.6 Å². The van der Waals surface area contributed by atoms with Crippen LogP contribution in [0.15, 0.2) is 29.1 Å². The number of halogens is 2. The number of nitrogen functional groups attached to an aromatic ring is 1. The van der Waals surface area contributed by atoms with Crippen LogP contribution in [0, 0.1) is 5.82 Å². The molecule has 1 aromatic carbocycles. The number of H-pyrrole nitrogens is 1. The smallest absolute Gasteiger partial charge is 0.256 e. The van der Waals surface area contributed by atoms with E-state index in [2.05, 4.69) is 4.98 Å². The van der Waals surface area contributed by atoms with Crippen LogP contribution in [0.4, 0.5) is 10.1 Å². The number of aromatic amines is 1. The Labute approximate surface area is 114 Å². The standard InChI is InChI=1S/C14H12ClFN2O/c15-8-3-4-11(16)9(5-8)10-6-12(17)13(7-1-2-7)18-14(10)19/h3-7H,1-2,17H2,(H,18,19). The molecule has 0 bridgehead atoms. The topological polar surface area (TPSA) is 58.9 Å². The van der Waals surface area contributed by atoms with Crippen LogP contribution in [0.3, 0.4) is 0 Å². The van der Waals surface area contributed by atoms with Crippen LogP contribution >= 0.6 is 11.6 Å². The lowest BCUT2D eigenvalue weighted by Crippen LogP contribution is -2.14. The highest BCUT2D eigenvalue weighted by atomic mass is 35.5. The van der Waals surface area contributed by atoms with Gasteiger partial charge in [0.1, 0.15) is 5.82 Å². The van der Waals surface area contributed by atoms with E-state index in [4.69, 9.17) is 17.3 Å². The number of aromatic nitrogens is 1. The van der Waals surface area contributed by atoms with Crippen LogP contribution in [0.25, 0.3) is 11.1 Å². The fraction of sp³-hybridized carbons (Fsp3) is 0.214. The van der Waals surface area contributed by atoms with Crippen molar-refractivity contribution in [1.82, 2.24) is 4.98 Å². The predicted octanol–water partition coefficient (Wildman–Crippen LogP) is 3.29. The number of nitrogens with two attached hydrogens (primary N) is 1. The van der Waals surface area contributed by atoms with Gasteiger partial charge in [-0.25, -0.2) is 4.39 Å². The Morgan fingerprint density at radius 1 is 1.26 bits per heavy atom. The van der Waals surface area contributed by atoms with Gasteiger partial charge in [0.2, 0.25) is 0 Å². The molecule has 3 rings (SSSR count). The van der Waals surface area contributed by atoms with Crippen LogP contribution in [0.2, 0.25) is 5.02 Å². The van der Waals surface area contributed by atoms with Gasteiger partial charge in [-0.05, 0) is 37.1 Å². The molecule has 0 spiro atoms. The summed E-state index contributed by atoms with van der Waals surface area (Å²) >= 11 is 5.84. The summed E-state index contributed by atoms with van der Waals surface area (Å²) in [7, 11) is 0. The Morgan fingerprint density at radius 2 is 2.00 bits per heavy atom. The molecule has 0 saturated heterocycles. The third-order valence-electron chi connectivity index (χ3n) is 3.31. The van der Waals surface area contributed by atoms with E-state index in [1.54, 1.807) is 0 Å². The zero-order valence-electron chi connectivity index (χ0n) is 10.0. The number of nitrogens with one attached hydrogen (secondary N) is 1. The van der Waals surface area contributed by atoms with E-state index in [1.165, 1.54) is 24.3 Å². The lowest BCUT2D eigenvalue weighted by Gasteiger charge is -2.08. The highest BCUT2D eigenvalue weighted by Crippen LogP contribution is 2.41. The predicted molar refractivity (Wildman–Crippen MR) is 73.9 cm³/mol. The third kappa shape index (κ3) is 2.24. The van der Waals surface area contributed by atoms with Gasteiger partial charge in [0.05, 0.1) is 11.3 Å². The van der Waals surface area contributed by atoms with E-state index in [1.807, 2.05) is 0 Å². The van der Waals surface area contributed by atoms with Crippen molar-refractivity contribution < 1.29 is 4.39 Å². The monoisotopic (exact) mass is 278 g/mol. The van der Waals surface area contributed by atoms with Gasteiger partial charge < -0.3 is 10.7 Å². The summed E-state index contributed by atoms with van der Waals surface area (Å²) in [5.41, 5.74) is 7.23. The molecule has 1 saturated carbocycles. The van der Waals surface area contributed by atoms with Gasteiger partial charge in [-0.15, -0.1) is 0 Å². The highest BCUT2D eigenvalue weighted by Gasteiger charge is 2.27. The van der Waals surface area contributed by atoms with Crippen LogP contribution < -0.4 is 11.3 Å². The van der Waals surface area contributed by atoms with Crippen molar-refractivity contribution >= 4 is 17.3 Å². The first-order valence-corrected chi connectivity index (χ1v) is 6.42. The molecule has 1 aliphatic carbocycles. The van der Waals surface area contributed by atoms with Crippen LogP contribution in [-0.4, -0.2) is 4.98 Å². The second kappa shape index (κ2) is 4.38. The Hall–Kier alpha value is -1.81. The fourth-order valence-corrected chi connectivity index (χ4v) is 2.35. The molecule has 1 fully saturated rings. The van der Waals surface area contributed by atoms with Crippen molar-refractivity contribution in [3.05, 3.63) is 51.2 Å². The maximum Gasteiger partial charge on any atom is 0.256 e. The molecule has 1 aliphatic rings. The number of anilines is 1. The van der Waals surface area contributed by atoms with E-state index in [9.17, 15) is 9.18 Å². The molecular formula is C14H12ClFN2O. The molecule has 1 heterocycles. The van der Waals surface area contributed by atoms with Crippen LogP contribution in [0.1, 0.15) is 24.5 Å². The maximum absolute atomic E-state index is 13.8. The average molecular weight is 279 g/mol. The van der Waals surface area contributed by atoms with Gasteiger partial charge in [0.25, 0.3) is 5.56 Å². The Bertz CT molecular complexity index is 707. The molecule has 3 N–H and O–H groups in total. The first kappa shape index (κ1) is 12.2. The SMILES string of the molecule is Nc1cc(-c2cc(Cl)ccc2F)c(=O)[nH]c1C1CC1. The summed E-state index contributed by atoms with van der Waals surface area (Å²) in [6, 6.07) is 5.64. The molecule has 5 heteroatoms. The van der Waals surface area contributed by atoms with Crippen molar-refractivity contribution in [1.29, 1.82) is 0 Å². The quantitative estimate of drug-likeness (QED) is 0.885. The molecule has 1 aromatic heterocycles. The third-order valence-corrected chi connectivity index (χ3v) is 3.54. The van der Waals surface area contributed by atoms with Crippen molar-refractivity contribution in [2.24, 2.45) is 0 Å². The van der Waals surface area contributed by atoms with E-state index < -0.39 is 5.82 Å².